The third-order valence-corrected chi connectivity index (χ3v) is 4.28. The zero-order valence-electron chi connectivity index (χ0n) is 10.7. The summed E-state index contributed by atoms with van der Waals surface area (Å²) in [6.07, 6.45) is 3.92. The summed E-state index contributed by atoms with van der Waals surface area (Å²) in [4.78, 5) is 0. The van der Waals surface area contributed by atoms with E-state index in [1.807, 2.05) is 0 Å². The number of aryl methyl sites for hydroxylation is 2. The van der Waals surface area contributed by atoms with Crippen LogP contribution >= 0.6 is 0 Å². The fourth-order valence-electron chi connectivity index (χ4n) is 3.11. The van der Waals surface area contributed by atoms with Crippen molar-refractivity contribution in [2.75, 3.05) is 33.4 Å². The van der Waals surface area contributed by atoms with Crippen molar-refractivity contribution in [3.05, 3.63) is 34.9 Å². The molecule has 1 fully saturated rings. The molecule has 0 amide bonds. The molecule has 0 spiro atoms. The van der Waals surface area contributed by atoms with Crippen LogP contribution < -0.4 is 0 Å². The van der Waals surface area contributed by atoms with Crippen molar-refractivity contribution in [3.8, 4) is 0 Å². The molecule has 1 aromatic carbocycles. The molecule has 2 aliphatic rings. The highest BCUT2D eigenvalue weighted by Crippen LogP contribution is 2.24. The highest BCUT2D eigenvalue weighted by Gasteiger charge is 2.25. The summed E-state index contributed by atoms with van der Waals surface area (Å²) in [6.45, 7) is 5.30. The Morgan fingerprint density at radius 2 is 1.88 bits per heavy atom. The monoisotopic (exact) mass is 232 g/mol. The van der Waals surface area contributed by atoms with E-state index in [1.54, 1.807) is 11.1 Å². The van der Waals surface area contributed by atoms with Crippen LogP contribution in [0.15, 0.2) is 18.2 Å². The van der Waals surface area contributed by atoms with Crippen LogP contribution in [0.3, 0.4) is 0 Å². The predicted molar refractivity (Wildman–Crippen MR) is 68.9 cm³/mol. The highest BCUT2D eigenvalue weighted by molar-refractivity contribution is 5.34. The highest BCUT2D eigenvalue weighted by atomic mass is 16.5. The normalized spacial score (nSPS) is 22.4. The predicted octanol–water partition coefficient (Wildman–Crippen LogP) is 2.15. The van der Waals surface area contributed by atoms with E-state index in [4.69, 9.17) is 4.74 Å². The number of morpholine rings is 1. The van der Waals surface area contributed by atoms with Gasteiger partial charge < -0.3 is 9.22 Å². The molecule has 0 N–H and O–H groups in total. The first-order chi connectivity index (χ1) is 8.25. The summed E-state index contributed by atoms with van der Waals surface area (Å²) in [6, 6.07) is 7.13. The molecule has 0 bridgehead atoms. The molecular weight excluding hydrogens is 210 g/mol. The van der Waals surface area contributed by atoms with Gasteiger partial charge in [-0.3, -0.25) is 0 Å². The first-order valence-corrected chi connectivity index (χ1v) is 6.77. The Hall–Kier alpha value is -0.860. The summed E-state index contributed by atoms with van der Waals surface area (Å²) < 4.78 is 6.60. The average Bonchev–Trinajstić information content (AvgIpc) is 2.76. The molecule has 3 rings (SSSR count). The Bertz CT molecular complexity index is 407. The van der Waals surface area contributed by atoms with Gasteiger partial charge in [0, 0.05) is 5.56 Å². The summed E-state index contributed by atoms with van der Waals surface area (Å²) >= 11 is 0. The van der Waals surface area contributed by atoms with Gasteiger partial charge in [0.1, 0.15) is 19.6 Å². The van der Waals surface area contributed by atoms with Gasteiger partial charge in [0.15, 0.2) is 0 Å². The second kappa shape index (κ2) is 4.43. The molecule has 1 aromatic rings. The number of fused-ring (bicyclic) bond motifs is 1. The van der Waals surface area contributed by atoms with Gasteiger partial charge >= 0.3 is 0 Å². The summed E-state index contributed by atoms with van der Waals surface area (Å²) in [7, 11) is 2.36. The molecule has 1 aliphatic carbocycles. The maximum atomic E-state index is 5.46. The minimum Gasteiger partial charge on any atom is -0.370 e. The molecule has 0 saturated carbocycles. The van der Waals surface area contributed by atoms with Crippen LogP contribution in [0.4, 0.5) is 0 Å². The minimum atomic E-state index is 0.918. The lowest BCUT2D eigenvalue weighted by Gasteiger charge is -2.37. The Balaban J connectivity index is 1.76. The molecule has 92 valence electrons. The fraction of sp³-hybridized carbons (Fsp3) is 0.600. The van der Waals surface area contributed by atoms with E-state index in [0.717, 1.165) is 37.3 Å². The number of hydrogen-bond acceptors (Lipinski definition) is 1. The van der Waals surface area contributed by atoms with Gasteiger partial charge in [-0.1, -0.05) is 12.1 Å². The van der Waals surface area contributed by atoms with Crippen molar-refractivity contribution < 1.29 is 9.22 Å². The van der Waals surface area contributed by atoms with Crippen LogP contribution in [0.25, 0.3) is 0 Å². The van der Waals surface area contributed by atoms with E-state index in [9.17, 15) is 0 Å². The minimum absolute atomic E-state index is 0.918. The molecule has 17 heavy (non-hydrogen) atoms. The van der Waals surface area contributed by atoms with Crippen molar-refractivity contribution in [3.63, 3.8) is 0 Å². The van der Waals surface area contributed by atoms with Gasteiger partial charge in [-0.15, -0.1) is 0 Å². The lowest BCUT2D eigenvalue weighted by atomic mass is 10.1. The zero-order chi connectivity index (χ0) is 11.7. The Morgan fingerprint density at radius 3 is 2.71 bits per heavy atom. The van der Waals surface area contributed by atoms with E-state index in [1.165, 1.54) is 24.8 Å². The third kappa shape index (κ3) is 2.38. The largest absolute Gasteiger partial charge is 0.370 e. The van der Waals surface area contributed by atoms with Crippen molar-refractivity contribution in [2.45, 2.75) is 25.8 Å². The van der Waals surface area contributed by atoms with Crippen molar-refractivity contribution >= 4 is 0 Å². The molecule has 0 unspecified atom stereocenters. The van der Waals surface area contributed by atoms with Crippen molar-refractivity contribution in [2.24, 2.45) is 0 Å². The molecule has 0 radical (unpaired) electrons. The quantitative estimate of drug-likeness (QED) is 0.710. The average molecular weight is 232 g/mol. The van der Waals surface area contributed by atoms with Crippen LogP contribution in [0, 0.1) is 0 Å². The third-order valence-electron chi connectivity index (χ3n) is 4.28. The van der Waals surface area contributed by atoms with Gasteiger partial charge in [0.25, 0.3) is 0 Å². The second-order valence-corrected chi connectivity index (χ2v) is 5.79. The topological polar surface area (TPSA) is 9.23 Å². The van der Waals surface area contributed by atoms with Gasteiger partial charge in [-0.2, -0.15) is 0 Å². The standard InChI is InChI=1S/C15H22NO/c1-16(7-9-17-10-8-16)12-13-5-6-14-3-2-4-15(14)11-13/h5-6,11H,2-4,7-10,12H2,1H3/q+1. The number of rotatable bonds is 2. The van der Waals surface area contributed by atoms with E-state index in [2.05, 4.69) is 25.2 Å². The van der Waals surface area contributed by atoms with Gasteiger partial charge in [-0.05, 0) is 36.5 Å². The van der Waals surface area contributed by atoms with Gasteiger partial charge in [0.05, 0.1) is 20.3 Å². The maximum Gasteiger partial charge on any atom is 0.104 e. The van der Waals surface area contributed by atoms with E-state index < -0.39 is 0 Å². The summed E-state index contributed by atoms with van der Waals surface area (Å²) in [5.74, 6) is 0. The summed E-state index contributed by atoms with van der Waals surface area (Å²) in [5.41, 5.74) is 4.69. The van der Waals surface area contributed by atoms with Crippen molar-refractivity contribution in [1.82, 2.24) is 0 Å². The maximum absolute atomic E-state index is 5.46. The number of likely N-dealkylation sites (N-methyl/N-ethyl adjacent to an activating group) is 1. The van der Waals surface area contributed by atoms with Crippen LogP contribution in [-0.2, 0) is 24.1 Å². The molecular formula is C15H22NO+. The van der Waals surface area contributed by atoms with E-state index in [-0.39, 0.29) is 0 Å². The van der Waals surface area contributed by atoms with Gasteiger partial charge in [0.2, 0.25) is 0 Å². The number of nitrogens with zero attached hydrogens (tertiary/aromatic N) is 1. The smallest absolute Gasteiger partial charge is 0.104 e. The second-order valence-electron chi connectivity index (χ2n) is 5.79. The van der Waals surface area contributed by atoms with Crippen LogP contribution in [0.5, 0.6) is 0 Å². The number of ether oxygens (including phenoxy) is 1. The van der Waals surface area contributed by atoms with Crippen molar-refractivity contribution in [1.29, 1.82) is 0 Å². The lowest BCUT2D eigenvalue weighted by Crippen LogP contribution is -2.51. The molecule has 2 nitrogen and oxygen atoms in total. The van der Waals surface area contributed by atoms with Crippen LogP contribution in [0.1, 0.15) is 23.1 Å². The van der Waals surface area contributed by atoms with Crippen LogP contribution in [0.2, 0.25) is 0 Å². The zero-order valence-corrected chi connectivity index (χ0v) is 10.7. The molecule has 1 saturated heterocycles. The Kier molecular flexibility index (Phi) is 2.93. The lowest BCUT2D eigenvalue weighted by molar-refractivity contribution is -0.929. The van der Waals surface area contributed by atoms with E-state index >= 15 is 0 Å². The molecule has 2 heteroatoms. The Morgan fingerprint density at radius 1 is 1.12 bits per heavy atom. The molecule has 0 atom stereocenters. The molecule has 1 aliphatic heterocycles. The molecule has 1 heterocycles. The first kappa shape index (κ1) is 11.2. The van der Waals surface area contributed by atoms with Gasteiger partial charge in [-0.25, -0.2) is 0 Å². The van der Waals surface area contributed by atoms with E-state index in [0.29, 0.717) is 0 Å². The summed E-state index contributed by atoms with van der Waals surface area (Å²) in [5, 5.41) is 0. The first-order valence-electron chi connectivity index (χ1n) is 6.77. The number of quaternary nitrogens is 1. The van der Waals surface area contributed by atoms with Crippen LogP contribution in [-0.4, -0.2) is 37.8 Å². The SMILES string of the molecule is C[N+]1(Cc2ccc3c(c2)CCC3)CCOCC1. The Labute approximate surface area is 104 Å². The number of benzene rings is 1. The fourth-order valence-corrected chi connectivity index (χ4v) is 3.11. The number of hydrogen-bond donors (Lipinski definition) is 0. The molecule has 0 aromatic heterocycles.